The summed E-state index contributed by atoms with van der Waals surface area (Å²) < 4.78 is 5.81. The molecule has 1 aliphatic carbocycles. The van der Waals surface area contributed by atoms with Gasteiger partial charge in [0.15, 0.2) is 0 Å². The van der Waals surface area contributed by atoms with Gasteiger partial charge in [0.1, 0.15) is 18.0 Å². The Morgan fingerprint density at radius 3 is 2.57 bits per heavy atom. The first-order chi connectivity index (χ1) is 10.2. The van der Waals surface area contributed by atoms with Crippen LogP contribution in [0.2, 0.25) is 0 Å². The Balaban J connectivity index is 1.73. The maximum atomic E-state index is 10.7. The smallest absolute Gasteiger partial charge is 0.136 e. The summed E-state index contributed by atoms with van der Waals surface area (Å²) in [7, 11) is 0. The minimum atomic E-state index is -1.15. The second kappa shape index (κ2) is 5.88. The Kier molecular flexibility index (Phi) is 3.95. The third-order valence-corrected chi connectivity index (χ3v) is 4.20. The zero-order chi connectivity index (χ0) is 14.7. The Morgan fingerprint density at radius 1 is 1.05 bits per heavy atom. The number of ether oxygens (including phenoxy) is 1. The molecule has 0 aromatic heterocycles. The zero-order valence-corrected chi connectivity index (χ0v) is 12.1. The van der Waals surface area contributed by atoms with Crippen LogP contribution in [0.25, 0.3) is 0 Å². The molecule has 0 saturated heterocycles. The van der Waals surface area contributed by atoms with Crippen LogP contribution in [-0.2, 0) is 18.4 Å². The Hall–Kier alpha value is -1.84. The SMILES string of the molecule is NCC(O)(COc1ccc2c(c1)CCC2)c1ccccc1. The van der Waals surface area contributed by atoms with Gasteiger partial charge in [-0.25, -0.2) is 0 Å². The van der Waals surface area contributed by atoms with Crippen molar-refractivity contribution in [2.24, 2.45) is 5.73 Å². The summed E-state index contributed by atoms with van der Waals surface area (Å²) in [4.78, 5) is 0. The van der Waals surface area contributed by atoms with Crippen LogP contribution in [0, 0.1) is 0 Å². The minimum Gasteiger partial charge on any atom is -0.490 e. The van der Waals surface area contributed by atoms with Crippen LogP contribution >= 0.6 is 0 Å². The highest BCUT2D eigenvalue weighted by Gasteiger charge is 2.28. The first kappa shape index (κ1) is 14.1. The van der Waals surface area contributed by atoms with Gasteiger partial charge in [0, 0.05) is 6.54 Å². The molecule has 1 unspecified atom stereocenters. The third-order valence-electron chi connectivity index (χ3n) is 4.20. The number of fused-ring (bicyclic) bond motifs is 1. The lowest BCUT2D eigenvalue weighted by molar-refractivity contribution is -0.00146. The largest absolute Gasteiger partial charge is 0.490 e. The van der Waals surface area contributed by atoms with E-state index in [1.165, 1.54) is 17.5 Å². The summed E-state index contributed by atoms with van der Waals surface area (Å²) in [6.45, 7) is 0.286. The lowest BCUT2D eigenvalue weighted by atomic mass is 9.95. The molecule has 21 heavy (non-hydrogen) atoms. The molecule has 2 aromatic rings. The lowest BCUT2D eigenvalue weighted by Crippen LogP contribution is -2.40. The van der Waals surface area contributed by atoms with Gasteiger partial charge >= 0.3 is 0 Å². The van der Waals surface area contributed by atoms with Crippen molar-refractivity contribution >= 4 is 0 Å². The van der Waals surface area contributed by atoms with Crippen molar-refractivity contribution in [2.45, 2.75) is 24.9 Å². The number of nitrogens with two attached hydrogens (primary N) is 1. The monoisotopic (exact) mass is 283 g/mol. The van der Waals surface area contributed by atoms with E-state index < -0.39 is 5.60 Å². The summed E-state index contributed by atoms with van der Waals surface area (Å²) in [5.41, 5.74) is 8.18. The van der Waals surface area contributed by atoms with E-state index in [-0.39, 0.29) is 13.2 Å². The van der Waals surface area contributed by atoms with E-state index in [0.29, 0.717) is 0 Å². The van der Waals surface area contributed by atoms with Gasteiger partial charge < -0.3 is 15.6 Å². The summed E-state index contributed by atoms with van der Waals surface area (Å²) in [5, 5.41) is 10.7. The van der Waals surface area contributed by atoms with E-state index in [2.05, 4.69) is 12.1 Å². The normalized spacial score (nSPS) is 16.3. The van der Waals surface area contributed by atoms with E-state index in [1.807, 2.05) is 36.4 Å². The quantitative estimate of drug-likeness (QED) is 0.886. The van der Waals surface area contributed by atoms with Crippen LogP contribution in [-0.4, -0.2) is 18.3 Å². The topological polar surface area (TPSA) is 55.5 Å². The van der Waals surface area contributed by atoms with Crippen molar-refractivity contribution in [3.05, 3.63) is 65.2 Å². The molecule has 110 valence electrons. The maximum absolute atomic E-state index is 10.7. The number of hydrogen-bond acceptors (Lipinski definition) is 3. The summed E-state index contributed by atoms with van der Waals surface area (Å²) >= 11 is 0. The number of rotatable bonds is 5. The summed E-state index contributed by atoms with van der Waals surface area (Å²) in [6.07, 6.45) is 3.49. The summed E-state index contributed by atoms with van der Waals surface area (Å²) in [6, 6.07) is 15.6. The first-order valence-electron chi connectivity index (χ1n) is 7.44. The van der Waals surface area contributed by atoms with Crippen molar-refractivity contribution in [3.63, 3.8) is 0 Å². The molecule has 0 aliphatic heterocycles. The molecule has 0 saturated carbocycles. The standard InChI is InChI=1S/C18H21NO2/c19-12-18(20,16-7-2-1-3-8-16)13-21-17-10-9-14-5-4-6-15(14)11-17/h1-3,7-11,20H,4-6,12-13,19H2. The third kappa shape index (κ3) is 2.94. The molecule has 0 amide bonds. The van der Waals surface area contributed by atoms with Crippen LogP contribution < -0.4 is 10.5 Å². The van der Waals surface area contributed by atoms with Gasteiger partial charge in [-0.05, 0) is 48.1 Å². The molecule has 1 aliphatic rings. The van der Waals surface area contributed by atoms with Crippen LogP contribution in [0.4, 0.5) is 0 Å². The van der Waals surface area contributed by atoms with Gasteiger partial charge in [0.05, 0.1) is 0 Å². The molecule has 1 atom stereocenters. The van der Waals surface area contributed by atoms with Gasteiger partial charge in [-0.2, -0.15) is 0 Å². The van der Waals surface area contributed by atoms with E-state index in [0.717, 1.165) is 24.2 Å². The highest BCUT2D eigenvalue weighted by Crippen LogP contribution is 2.27. The second-order valence-electron chi connectivity index (χ2n) is 5.67. The molecule has 3 rings (SSSR count). The predicted molar refractivity (Wildman–Crippen MR) is 83.4 cm³/mol. The molecule has 0 fully saturated rings. The van der Waals surface area contributed by atoms with E-state index in [9.17, 15) is 5.11 Å². The average molecular weight is 283 g/mol. The highest BCUT2D eigenvalue weighted by molar-refractivity contribution is 5.38. The van der Waals surface area contributed by atoms with Crippen LogP contribution in [0.3, 0.4) is 0 Å². The van der Waals surface area contributed by atoms with E-state index in [1.54, 1.807) is 0 Å². The van der Waals surface area contributed by atoms with Crippen molar-refractivity contribution in [3.8, 4) is 5.75 Å². The van der Waals surface area contributed by atoms with Crippen molar-refractivity contribution in [1.29, 1.82) is 0 Å². The Morgan fingerprint density at radius 2 is 1.81 bits per heavy atom. The average Bonchev–Trinajstić information content (AvgIpc) is 3.01. The minimum absolute atomic E-state index is 0.127. The number of aliphatic hydroxyl groups is 1. The zero-order valence-electron chi connectivity index (χ0n) is 12.1. The predicted octanol–water partition coefficient (Wildman–Crippen LogP) is 2.40. The van der Waals surface area contributed by atoms with Crippen LogP contribution in [0.5, 0.6) is 5.75 Å². The van der Waals surface area contributed by atoms with Crippen LogP contribution in [0.1, 0.15) is 23.1 Å². The fraction of sp³-hybridized carbons (Fsp3) is 0.333. The molecule has 2 aromatic carbocycles. The second-order valence-corrected chi connectivity index (χ2v) is 5.67. The molecule has 0 heterocycles. The fourth-order valence-corrected chi connectivity index (χ4v) is 2.85. The van der Waals surface area contributed by atoms with Gasteiger partial charge in [-0.3, -0.25) is 0 Å². The maximum Gasteiger partial charge on any atom is 0.136 e. The van der Waals surface area contributed by atoms with Crippen molar-refractivity contribution in [2.75, 3.05) is 13.2 Å². The number of hydrogen-bond donors (Lipinski definition) is 2. The molecular weight excluding hydrogens is 262 g/mol. The fourth-order valence-electron chi connectivity index (χ4n) is 2.85. The van der Waals surface area contributed by atoms with Gasteiger partial charge in [-0.1, -0.05) is 36.4 Å². The molecule has 3 N–H and O–H groups in total. The highest BCUT2D eigenvalue weighted by atomic mass is 16.5. The number of aryl methyl sites for hydroxylation is 2. The van der Waals surface area contributed by atoms with E-state index >= 15 is 0 Å². The van der Waals surface area contributed by atoms with Crippen molar-refractivity contribution in [1.82, 2.24) is 0 Å². The van der Waals surface area contributed by atoms with Gasteiger partial charge in [-0.15, -0.1) is 0 Å². The molecule has 0 spiro atoms. The first-order valence-corrected chi connectivity index (χ1v) is 7.44. The summed E-state index contributed by atoms with van der Waals surface area (Å²) in [5.74, 6) is 0.804. The molecule has 0 bridgehead atoms. The molecule has 3 heteroatoms. The van der Waals surface area contributed by atoms with Gasteiger partial charge in [0.2, 0.25) is 0 Å². The molecule has 3 nitrogen and oxygen atoms in total. The van der Waals surface area contributed by atoms with Gasteiger partial charge in [0.25, 0.3) is 0 Å². The molecule has 0 radical (unpaired) electrons. The lowest BCUT2D eigenvalue weighted by Gasteiger charge is -2.27. The van der Waals surface area contributed by atoms with Crippen molar-refractivity contribution < 1.29 is 9.84 Å². The number of benzene rings is 2. The Labute approximate surface area is 125 Å². The van der Waals surface area contributed by atoms with E-state index in [4.69, 9.17) is 10.5 Å². The van der Waals surface area contributed by atoms with Crippen LogP contribution in [0.15, 0.2) is 48.5 Å². The molecular formula is C18H21NO2. The Bertz CT molecular complexity index is 612.